The zero-order valence-electron chi connectivity index (χ0n) is 34.3. The van der Waals surface area contributed by atoms with Gasteiger partial charge in [0.15, 0.2) is 11.6 Å². The summed E-state index contributed by atoms with van der Waals surface area (Å²) in [6.45, 7) is 24.7. The van der Waals surface area contributed by atoms with E-state index in [1.165, 1.54) is 0 Å². The Labute approximate surface area is 335 Å². The van der Waals surface area contributed by atoms with Crippen molar-refractivity contribution in [3.63, 3.8) is 0 Å². The van der Waals surface area contributed by atoms with Crippen LogP contribution in [0.3, 0.4) is 0 Å². The van der Waals surface area contributed by atoms with E-state index in [0.29, 0.717) is 5.69 Å². The van der Waals surface area contributed by atoms with Gasteiger partial charge < -0.3 is 0 Å². The third-order valence-electron chi connectivity index (χ3n) is 9.56. The fraction of sp³-hybridized carbons (Fsp3) is 0.333. The molecule has 55 heavy (non-hydrogen) atoms. The number of benzene rings is 3. The Morgan fingerprint density at radius 2 is 0.855 bits per heavy atom. The summed E-state index contributed by atoms with van der Waals surface area (Å²) in [7, 11) is 0. The summed E-state index contributed by atoms with van der Waals surface area (Å²) < 4.78 is 0.802. The lowest BCUT2D eigenvalue weighted by atomic mass is 9.72. The van der Waals surface area contributed by atoms with Crippen molar-refractivity contribution in [2.45, 2.75) is 83.1 Å². The van der Waals surface area contributed by atoms with Crippen molar-refractivity contribution >= 4 is 38.9 Å². The van der Waals surface area contributed by atoms with Gasteiger partial charge in [0, 0.05) is 32.3 Å². The first kappa shape index (κ1) is 41.3. The molecule has 0 saturated carbocycles. The number of ketones is 2. The van der Waals surface area contributed by atoms with E-state index in [0.717, 1.165) is 65.9 Å². The zero-order valence-corrected chi connectivity index (χ0v) is 35.9. The van der Waals surface area contributed by atoms with Gasteiger partial charge in [-0.25, -0.2) is 0 Å². The summed E-state index contributed by atoms with van der Waals surface area (Å²) in [6, 6.07) is 22.3. The fourth-order valence-electron chi connectivity index (χ4n) is 6.41. The van der Waals surface area contributed by atoms with E-state index in [2.05, 4.69) is 138 Å². The first-order valence-corrected chi connectivity index (χ1v) is 19.5. The molecule has 0 N–H and O–H groups in total. The van der Waals surface area contributed by atoms with E-state index in [-0.39, 0.29) is 33.2 Å². The zero-order chi connectivity index (χ0) is 40.5. The van der Waals surface area contributed by atoms with E-state index in [1.54, 1.807) is 12.4 Å². The smallest absolute Gasteiger partial charge is 0.186 e. The second kappa shape index (κ2) is 15.7. The Hall–Kier alpha value is -4.88. The first-order valence-electron chi connectivity index (χ1n) is 18.7. The quantitative estimate of drug-likeness (QED) is 0.233. The number of Topliss-reactive ketones (excluding diaryl/α,β-unsaturated/α-hetero) is 2. The molecule has 7 heteroatoms. The summed E-state index contributed by atoms with van der Waals surface area (Å²) in [5.74, 6) is 0.183. The van der Waals surface area contributed by atoms with Crippen molar-refractivity contribution in [1.82, 2.24) is 0 Å². The molecule has 2 aliphatic carbocycles. The van der Waals surface area contributed by atoms with Gasteiger partial charge in [0.2, 0.25) is 0 Å². The van der Waals surface area contributed by atoms with Gasteiger partial charge in [-0.3, -0.25) is 9.59 Å². The highest BCUT2D eigenvalue weighted by atomic mass is 79.9. The molecule has 284 valence electrons. The standard InChI is InChI=1S/C48H53BrN4O2/c1-45(2,3)36-22-30(23-37(43(36)54)46(4,5)6)28-50-52-41-20-18-33(26-35(41)32-16-14-13-15-17-32)34-19-21-42(40(49)27-34)53-51-29-31-24-38(47(7,8)9)44(55)39(25-31)48(10,11)12/h13-29H,1-12H3. The molecular weight excluding hydrogens is 744 g/mol. The van der Waals surface area contributed by atoms with Gasteiger partial charge in [0.1, 0.15) is 0 Å². The molecule has 2 aliphatic rings. The van der Waals surface area contributed by atoms with E-state index in [9.17, 15) is 9.59 Å². The Balaban J connectivity index is 1.46. The second-order valence-electron chi connectivity index (χ2n) is 18.3. The highest BCUT2D eigenvalue weighted by molar-refractivity contribution is 9.10. The monoisotopic (exact) mass is 796 g/mol. The molecule has 0 radical (unpaired) electrons. The van der Waals surface area contributed by atoms with Crippen LogP contribution in [0.25, 0.3) is 22.3 Å². The summed E-state index contributed by atoms with van der Waals surface area (Å²) in [5, 5.41) is 18.2. The van der Waals surface area contributed by atoms with Crippen LogP contribution in [-0.2, 0) is 9.59 Å². The minimum Gasteiger partial charge on any atom is -0.289 e. The highest BCUT2D eigenvalue weighted by Crippen LogP contribution is 2.41. The van der Waals surface area contributed by atoms with Crippen molar-refractivity contribution < 1.29 is 9.59 Å². The van der Waals surface area contributed by atoms with Crippen molar-refractivity contribution in [1.29, 1.82) is 0 Å². The molecule has 3 aromatic carbocycles. The minimum atomic E-state index is -0.304. The van der Waals surface area contributed by atoms with Gasteiger partial charge in [-0.1, -0.05) is 126 Å². The number of hydrogen-bond acceptors (Lipinski definition) is 6. The topological polar surface area (TPSA) is 83.6 Å². The number of carbonyl (C=O) groups is 2. The number of rotatable bonds is 6. The van der Waals surface area contributed by atoms with Crippen LogP contribution in [0.5, 0.6) is 0 Å². The molecule has 0 spiro atoms. The first-order chi connectivity index (χ1) is 25.5. The molecule has 0 heterocycles. The molecule has 3 aromatic rings. The molecule has 0 fully saturated rings. The summed E-state index contributed by atoms with van der Waals surface area (Å²) in [5.41, 5.74) is 8.97. The van der Waals surface area contributed by atoms with Crippen LogP contribution < -0.4 is 0 Å². The van der Waals surface area contributed by atoms with Crippen LogP contribution in [0.1, 0.15) is 83.1 Å². The van der Waals surface area contributed by atoms with Gasteiger partial charge in [0.05, 0.1) is 23.8 Å². The molecule has 0 saturated heterocycles. The Kier molecular flexibility index (Phi) is 11.8. The predicted octanol–water partition coefficient (Wildman–Crippen LogP) is 14.8. The molecule has 0 bridgehead atoms. The Bertz CT molecular complexity index is 2200. The predicted molar refractivity (Wildman–Crippen MR) is 230 cm³/mol. The number of allylic oxidation sites excluding steroid dienone is 10. The maximum Gasteiger partial charge on any atom is 0.186 e. The van der Waals surface area contributed by atoms with E-state index >= 15 is 0 Å². The van der Waals surface area contributed by atoms with Crippen molar-refractivity contribution in [2.75, 3.05) is 0 Å². The molecular formula is C48H53BrN4O2. The number of azo groups is 2. The van der Waals surface area contributed by atoms with Crippen LogP contribution in [-0.4, -0.2) is 11.6 Å². The molecule has 0 aromatic heterocycles. The number of hydrogen-bond donors (Lipinski definition) is 0. The Morgan fingerprint density at radius 1 is 0.473 bits per heavy atom. The van der Waals surface area contributed by atoms with Gasteiger partial charge >= 0.3 is 0 Å². The van der Waals surface area contributed by atoms with Crippen LogP contribution in [0, 0.1) is 21.7 Å². The lowest BCUT2D eigenvalue weighted by Gasteiger charge is -2.31. The van der Waals surface area contributed by atoms with Gasteiger partial charge in [0.25, 0.3) is 0 Å². The minimum absolute atomic E-state index is 0.0913. The maximum absolute atomic E-state index is 13.4. The van der Waals surface area contributed by atoms with Crippen molar-refractivity contribution in [2.24, 2.45) is 42.1 Å². The number of carbonyl (C=O) groups excluding carboxylic acids is 2. The lowest BCUT2D eigenvalue weighted by Crippen LogP contribution is -2.27. The number of halogens is 1. The summed E-state index contributed by atoms with van der Waals surface area (Å²) in [4.78, 5) is 26.7. The fourth-order valence-corrected chi connectivity index (χ4v) is 6.87. The number of nitrogens with zero attached hydrogens (tertiary/aromatic N) is 4. The van der Waals surface area contributed by atoms with E-state index in [4.69, 9.17) is 0 Å². The lowest BCUT2D eigenvalue weighted by molar-refractivity contribution is -0.114. The average molecular weight is 798 g/mol. The molecule has 0 unspecified atom stereocenters. The van der Waals surface area contributed by atoms with E-state index < -0.39 is 0 Å². The SMILES string of the molecule is CC(C)(C)C1=CC(=CN=Nc2ccc(-c3ccc(N=NC=C4C=C(C(C)(C)C)C(=O)C(C(C)(C)C)=C4)c(-c4ccccc4)c3)cc2Br)C=C(C(C)(C)C)C1=O. The molecule has 6 nitrogen and oxygen atoms in total. The average Bonchev–Trinajstić information content (AvgIpc) is 3.08. The normalized spacial score (nSPS) is 16.0. The van der Waals surface area contributed by atoms with Gasteiger partial charge in [-0.2, -0.15) is 15.3 Å². The Morgan fingerprint density at radius 3 is 1.25 bits per heavy atom. The summed E-state index contributed by atoms with van der Waals surface area (Å²) in [6.07, 6.45) is 11.2. The van der Waals surface area contributed by atoms with Crippen LogP contribution in [0.2, 0.25) is 0 Å². The molecule has 0 amide bonds. The molecule has 0 aliphatic heterocycles. The highest BCUT2D eigenvalue weighted by Gasteiger charge is 2.35. The molecule has 0 atom stereocenters. The second-order valence-corrected chi connectivity index (χ2v) is 19.2. The van der Waals surface area contributed by atoms with E-state index in [1.807, 2.05) is 72.8 Å². The van der Waals surface area contributed by atoms with Crippen molar-refractivity contribution in [3.8, 4) is 22.3 Å². The van der Waals surface area contributed by atoms with Crippen LogP contribution in [0.15, 0.2) is 162 Å². The largest absolute Gasteiger partial charge is 0.289 e. The third kappa shape index (κ3) is 9.87. The van der Waals surface area contributed by atoms with Gasteiger partial charge in [-0.15, -0.1) is 5.11 Å². The van der Waals surface area contributed by atoms with Crippen LogP contribution in [0.4, 0.5) is 11.4 Å². The van der Waals surface area contributed by atoms with Gasteiger partial charge in [-0.05, 0) is 114 Å². The molecule has 5 rings (SSSR count). The van der Waals surface area contributed by atoms with Crippen LogP contribution >= 0.6 is 15.9 Å². The summed E-state index contributed by atoms with van der Waals surface area (Å²) >= 11 is 3.72. The maximum atomic E-state index is 13.4. The third-order valence-corrected chi connectivity index (χ3v) is 10.2. The van der Waals surface area contributed by atoms with Crippen molar-refractivity contribution in [3.05, 3.63) is 141 Å².